The first-order valence-electron chi connectivity index (χ1n) is 8.70. The number of halogens is 3. The molecule has 1 aliphatic rings. The SMILES string of the molecule is O=C(Cc1ccc(-n2cncn2)c(C(F)(F)F)c1)C1COc2ccccc2C1. The quantitative estimate of drug-likeness (QED) is 0.686. The maximum atomic E-state index is 13.5. The molecule has 0 N–H and O–H groups in total. The van der Waals surface area contributed by atoms with Crippen molar-refractivity contribution in [1.29, 1.82) is 0 Å². The van der Waals surface area contributed by atoms with Crippen molar-refractivity contribution in [2.45, 2.75) is 19.0 Å². The van der Waals surface area contributed by atoms with E-state index in [1.807, 2.05) is 24.3 Å². The number of aromatic nitrogens is 3. The van der Waals surface area contributed by atoms with Crippen molar-refractivity contribution < 1.29 is 22.7 Å². The van der Waals surface area contributed by atoms with Crippen LogP contribution >= 0.6 is 0 Å². The lowest BCUT2D eigenvalue weighted by atomic mass is 9.90. The average Bonchev–Trinajstić information content (AvgIpc) is 3.21. The first kappa shape index (κ1) is 18.2. The van der Waals surface area contributed by atoms with Crippen LogP contribution in [0.4, 0.5) is 13.2 Å². The Kier molecular flexibility index (Phi) is 4.62. The number of ether oxygens (including phenoxy) is 1. The number of rotatable bonds is 4. The minimum absolute atomic E-state index is 0.0864. The molecule has 0 fully saturated rings. The Bertz CT molecular complexity index is 1000. The van der Waals surface area contributed by atoms with Gasteiger partial charge < -0.3 is 4.74 Å². The van der Waals surface area contributed by atoms with Crippen molar-refractivity contribution in [3.05, 3.63) is 71.8 Å². The Morgan fingerprint density at radius 3 is 2.79 bits per heavy atom. The van der Waals surface area contributed by atoms with Crippen molar-refractivity contribution >= 4 is 5.78 Å². The molecule has 2 aromatic carbocycles. The van der Waals surface area contributed by atoms with Gasteiger partial charge in [0, 0.05) is 6.42 Å². The van der Waals surface area contributed by atoms with E-state index in [4.69, 9.17) is 4.74 Å². The normalized spacial score (nSPS) is 16.3. The minimum atomic E-state index is -4.58. The Morgan fingerprint density at radius 2 is 2.04 bits per heavy atom. The van der Waals surface area contributed by atoms with E-state index in [1.165, 1.54) is 24.8 Å². The van der Waals surface area contributed by atoms with E-state index >= 15 is 0 Å². The summed E-state index contributed by atoms with van der Waals surface area (Å²) in [4.78, 5) is 16.4. The lowest BCUT2D eigenvalue weighted by Gasteiger charge is -2.24. The monoisotopic (exact) mass is 387 g/mol. The minimum Gasteiger partial charge on any atom is -0.493 e. The average molecular weight is 387 g/mol. The molecular formula is C20H16F3N3O2. The summed E-state index contributed by atoms with van der Waals surface area (Å²) in [6.07, 6.45) is -1.77. The third kappa shape index (κ3) is 3.62. The summed E-state index contributed by atoms with van der Waals surface area (Å²) in [7, 11) is 0. The largest absolute Gasteiger partial charge is 0.493 e. The van der Waals surface area contributed by atoms with Crippen LogP contribution < -0.4 is 4.74 Å². The molecule has 144 valence electrons. The highest BCUT2D eigenvalue weighted by molar-refractivity contribution is 5.84. The maximum absolute atomic E-state index is 13.5. The molecule has 0 aliphatic carbocycles. The van der Waals surface area contributed by atoms with Crippen LogP contribution in [0, 0.1) is 5.92 Å². The molecule has 1 atom stereocenters. The van der Waals surface area contributed by atoms with Gasteiger partial charge in [0.1, 0.15) is 24.2 Å². The molecular weight excluding hydrogens is 371 g/mol. The molecule has 8 heteroatoms. The third-order valence-corrected chi connectivity index (χ3v) is 4.74. The highest BCUT2D eigenvalue weighted by Crippen LogP contribution is 2.35. The van der Waals surface area contributed by atoms with Gasteiger partial charge in [-0.3, -0.25) is 4.79 Å². The van der Waals surface area contributed by atoms with Crippen molar-refractivity contribution in [3.63, 3.8) is 0 Å². The number of alkyl halides is 3. The Hall–Kier alpha value is -3.16. The van der Waals surface area contributed by atoms with Crippen LogP contribution in [-0.2, 0) is 23.8 Å². The summed E-state index contributed by atoms with van der Waals surface area (Å²) in [5.74, 6) is 0.235. The molecule has 2 heterocycles. The second-order valence-corrected chi connectivity index (χ2v) is 6.65. The first-order chi connectivity index (χ1) is 13.4. The zero-order valence-electron chi connectivity index (χ0n) is 14.7. The van der Waals surface area contributed by atoms with Crippen molar-refractivity contribution in [1.82, 2.24) is 14.8 Å². The van der Waals surface area contributed by atoms with Crippen LogP contribution in [0.3, 0.4) is 0 Å². The number of hydrogen-bond donors (Lipinski definition) is 0. The highest BCUT2D eigenvalue weighted by Gasteiger charge is 2.35. The van der Waals surface area contributed by atoms with E-state index in [0.29, 0.717) is 12.0 Å². The van der Waals surface area contributed by atoms with E-state index < -0.39 is 11.7 Å². The highest BCUT2D eigenvalue weighted by atomic mass is 19.4. The number of Topliss-reactive ketones (excluding diaryl/α,β-unsaturated/α-hetero) is 1. The van der Waals surface area contributed by atoms with Gasteiger partial charge >= 0.3 is 6.18 Å². The molecule has 0 bridgehead atoms. The lowest BCUT2D eigenvalue weighted by molar-refractivity contribution is -0.137. The molecule has 0 saturated heterocycles. The number of hydrogen-bond acceptors (Lipinski definition) is 4. The molecule has 0 radical (unpaired) electrons. The van der Waals surface area contributed by atoms with Crippen LogP contribution in [0.5, 0.6) is 5.75 Å². The smallest absolute Gasteiger partial charge is 0.418 e. The zero-order chi connectivity index (χ0) is 19.7. The lowest BCUT2D eigenvalue weighted by Crippen LogP contribution is -2.29. The molecule has 5 nitrogen and oxygen atoms in total. The van der Waals surface area contributed by atoms with Crippen LogP contribution in [0.1, 0.15) is 16.7 Å². The molecule has 1 unspecified atom stereocenters. The number of nitrogens with zero attached hydrogens (tertiary/aromatic N) is 3. The number of carbonyl (C=O) groups is 1. The second-order valence-electron chi connectivity index (χ2n) is 6.65. The predicted octanol–water partition coefficient (Wildman–Crippen LogP) is 3.65. The van der Waals surface area contributed by atoms with Crippen LogP contribution in [0.2, 0.25) is 0 Å². The van der Waals surface area contributed by atoms with Gasteiger partial charge in [-0.05, 0) is 35.7 Å². The van der Waals surface area contributed by atoms with Gasteiger partial charge in [0.15, 0.2) is 0 Å². The Morgan fingerprint density at radius 1 is 1.21 bits per heavy atom. The fourth-order valence-electron chi connectivity index (χ4n) is 3.33. The van der Waals surface area contributed by atoms with E-state index in [2.05, 4.69) is 10.1 Å². The Balaban J connectivity index is 1.56. The van der Waals surface area contributed by atoms with Crippen molar-refractivity contribution in [3.8, 4) is 11.4 Å². The van der Waals surface area contributed by atoms with Gasteiger partial charge in [0.25, 0.3) is 0 Å². The standard InChI is InChI=1S/C20H16F3N3O2/c21-20(22,23)16-7-13(5-6-17(16)26-12-24-11-25-26)8-18(27)15-9-14-3-1-2-4-19(14)28-10-15/h1-7,11-12,15H,8-10H2. The van der Waals surface area contributed by atoms with Crippen molar-refractivity contribution in [2.24, 2.45) is 5.92 Å². The van der Waals surface area contributed by atoms with Gasteiger partial charge in [-0.2, -0.15) is 18.3 Å². The van der Waals surface area contributed by atoms with E-state index in [9.17, 15) is 18.0 Å². The number of carbonyl (C=O) groups excluding carboxylic acids is 1. The summed E-state index contributed by atoms with van der Waals surface area (Å²) in [6.45, 7) is 0.235. The molecule has 3 aromatic rings. The zero-order valence-corrected chi connectivity index (χ0v) is 14.7. The van der Waals surface area contributed by atoms with Gasteiger partial charge in [-0.15, -0.1) is 0 Å². The second kappa shape index (κ2) is 7.10. The third-order valence-electron chi connectivity index (χ3n) is 4.74. The summed E-state index contributed by atoms with van der Waals surface area (Å²) in [6, 6.07) is 11.3. The van der Waals surface area contributed by atoms with Gasteiger partial charge in [0.2, 0.25) is 0 Å². The van der Waals surface area contributed by atoms with E-state index in [-0.39, 0.29) is 30.4 Å². The van der Waals surface area contributed by atoms with Crippen LogP contribution in [-0.4, -0.2) is 27.2 Å². The fraction of sp³-hybridized carbons (Fsp3) is 0.250. The summed E-state index contributed by atoms with van der Waals surface area (Å²) >= 11 is 0. The molecule has 0 amide bonds. The fourth-order valence-corrected chi connectivity index (χ4v) is 3.33. The van der Waals surface area contributed by atoms with Gasteiger partial charge in [0.05, 0.1) is 23.8 Å². The van der Waals surface area contributed by atoms with Crippen LogP contribution in [0.25, 0.3) is 5.69 Å². The number of ketones is 1. The Labute approximate surface area is 158 Å². The summed E-state index contributed by atoms with van der Waals surface area (Å²) < 4.78 is 47.2. The summed E-state index contributed by atoms with van der Waals surface area (Å²) in [5.41, 5.74) is 0.259. The first-order valence-corrected chi connectivity index (χ1v) is 8.70. The molecule has 28 heavy (non-hydrogen) atoms. The van der Waals surface area contributed by atoms with Gasteiger partial charge in [-0.25, -0.2) is 9.67 Å². The topological polar surface area (TPSA) is 57.0 Å². The summed E-state index contributed by atoms with van der Waals surface area (Å²) in [5, 5.41) is 3.77. The number of para-hydroxylation sites is 1. The number of fused-ring (bicyclic) bond motifs is 1. The van der Waals surface area contributed by atoms with Crippen LogP contribution in [0.15, 0.2) is 55.1 Å². The predicted molar refractivity (Wildman–Crippen MR) is 94.2 cm³/mol. The van der Waals surface area contributed by atoms with E-state index in [0.717, 1.165) is 22.1 Å². The maximum Gasteiger partial charge on any atom is 0.418 e. The van der Waals surface area contributed by atoms with E-state index in [1.54, 1.807) is 0 Å². The molecule has 0 spiro atoms. The molecule has 4 rings (SSSR count). The number of benzene rings is 2. The molecule has 1 aromatic heterocycles. The van der Waals surface area contributed by atoms with Crippen molar-refractivity contribution in [2.75, 3.05) is 6.61 Å². The molecule has 1 aliphatic heterocycles. The molecule has 0 saturated carbocycles. The van der Waals surface area contributed by atoms with Gasteiger partial charge in [-0.1, -0.05) is 24.3 Å².